The van der Waals surface area contributed by atoms with E-state index in [0.29, 0.717) is 11.7 Å². The largest absolute Gasteiger partial charge is 0.508 e. The minimum atomic E-state index is -0.0728. The number of ether oxygens (including phenoxy) is 1. The number of aromatic hydroxyl groups is 1. The highest BCUT2D eigenvalue weighted by molar-refractivity contribution is 5.92. The monoisotopic (exact) mass is 446 g/mol. The van der Waals surface area contributed by atoms with Crippen LogP contribution in [0.15, 0.2) is 67.3 Å². The zero-order valence-electron chi connectivity index (χ0n) is 19.4. The van der Waals surface area contributed by atoms with E-state index < -0.39 is 0 Å². The summed E-state index contributed by atoms with van der Waals surface area (Å²) in [7, 11) is 1.63. The lowest BCUT2D eigenvalue weighted by Crippen LogP contribution is -2.56. The molecule has 1 aliphatic heterocycles. The number of phenolic OH excluding ortho intramolecular Hbond substituents is 1. The molecule has 4 rings (SSSR count). The molecule has 1 saturated carbocycles. The predicted octanol–water partition coefficient (Wildman–Crippen LogP) is 4.53. The second-order valence-corrected chi connectivity index (χ2v) is 9.30. The van der Waals surface area contributed by atoms with Crippen LogP contribution < -0.4 is 10.1 Å². The molecule has 3 atom stereocenters. The summed E-state index contributed by atoms with van der Waals surface area (Å²) in [5, 5.41) is 13.4. The Morgan fingerprint density at radius 3 is 2.91 bits per heavy atom. The lowest BCUT2D eigenvalue weighted by Gasteiger charge is -2.53. The van der Waals surface area contributed by atoms with E-state index in [2.05, 4.69) is 22.9 Å². The standard InChI is InChI=1S/C28H34N2O3/c1-3-15-30-16-14-28(22-7-5-8-25(31)18-22)19-24(12-11-23(28)20-30)29-27(32)13-10-21-6-4-9-26(17-21)33-2/h3-10,13,17-18,23-24,31H,1,11-12,14-16,19-20H2,2H3,(H,29,32)/t23-,24-,28+/m1/s1. The number of amides is 1. The topological polar surface area (TPSA) is 61.8 Å². The molecule has 2 N–H and O–H groups in total. The van der Waals surface area contributed by atoms with E-state index in [9.17, 15) is 9.90 Å². The van der Waals surface area contributed by atoms with Gasteiger partial charge in [-0.15, -0.1) is 6.58 Å². The Labute approximate surface area is 196 Å². The van der Waals surface area contributed by atoms with Gasteiger partial charge in [0.15, 0.2) is 0 Å². The van der Waals surface area contributed by atoms with Crippen molar-refractivity contribution >= 4 is 12.0 Å². The Bertz CT molecular complexity index is 1020. The first kappa shape index (κ1) is 23.1. The molecule has 33 heavy (non-hydrogen) atoms. The summed E-state index contributed by atoms with van der Waals surface area (Å²) in [5.41, 5.74) is 2.08. The number of hydrogen-bond acceptors (Lipinski definition) is 4. The van der Waals surface area contributed by atoms with Crippen LogP contribution in [0.2, 0.25) is 0 Å². The maximum absolute atomic E-state index is 12.7. The molecule has 1 saturated heterocycles. The number of hydrogen-bond donors (Lipinski definition) is 2. The highest BCUT2D eigenvalue weighted by Crippen LogP contribution is 2.49. The molecule has 0 radical (unpaired) electrons. The van der Waals surface area contributed by atoms with Gasteiger partial charge in [-0.2, -0.15) is 0 Å². The predicted molar refractivity (Wildman–Crippen MR) is 132 cm³/mol. The number of likely N-dealkylation sites (tertiary alicyclic amines) is 1. The molecule has 1 amide bonds. The van der Waals surface area contributed by atoms with E-state index in [1.807, 2.05) is 48.6 Å². The van der Waals surface area contributed by atoms with Gasteiger partial charge in [-0.05, 0) is 79.6 Å². The third kappa shape index (κ3) is 5.31. The summed E-state index contributed by atoms with van der Waals surface area (Å²) in [5.74, 6) is 1.50. The van der Waals surface area contributed by atoms with Gasteiger partial charge in [0.1, 0.15) is 11.5 Å². The molecule has 2 aliphatic rings. The van der Waals surface area contributed by atoms with E-state index in [0.717, 1.165) is 56.6 Å². The molecule has 0 spiro atoms. The van der Waals surface area contributed by atoms with Crippen molar-refractivity contribution in [3.8, 4) is 11.5 Å². The van der Waals surface area contributed by atoms with Crippen molar-refractivity contribution in [3.63, 3.8) is 0 Å². The maximum Gasteiger partial charge on any atom is 0.244 e. The van der Waals surface area contributed by atoms with Gasteiger partial charge in [-0.1, -0.05) is 30.3 Å². The summed E-state index contributed by atoms with van der Waals surface area (Å²) < 4.78 is 5.26. The van der Waals surface area contributed by atoms with Gasteiger partial charge in [0, 0.05) is 30.6 Å². The molecule has 2 aromatic carbocycles. The van der Waals surface area contributed by atoms with Crippen molar-refractivity contribution in [2.45, 2.75) is 37.1 Å². The number of fused-ring (bicyclic) bond motifs is 1. The minimum Gasteiger partial charge on any atom is -0.508 e. The molecular formula is C28H34N2O3. The van der Waals surface area contributed by atoms with Crippen molar-refractivity contribution in [2.75, 3.05) is 26.7 Å². The van der Waals surface area contributed by atoms with Gasteiger partial charge in [0.2, 0.25) is 5.91 Å². The first-order valence-corrected chi connectivity index (χ1v) is 11.8. The van der Waals surface area contributed by atoms with Crippen LogP contribution in [0.25, 0.3) is 6.08 Å². The van der Waals surface area contributed by atoms with Crippen LogP contribution in [0.5, 0.6) is 11.5 Å². The SMILES string of the molecule is C=CCN1CC[C@@]2(c3cccc(O)c3)C[C@H](NC(=O)C=Cc3cccc(OC)c3)CC[C@@H]2C1. The normalized spacial score (nSPS) is 25.4. The number of piperidine rings is 1. The summed E-state index contributed by atoms with van der Waals surface area (Å²) in [6.07, 6.45) is 9.32. The summed E-state index contributed by atoms with van der Waals surface area (Å²) in [6.45, 7) is 6.83. The van der Waals surface area contributed by atoms with Gasteiger partial charge in [0.25, 0.3) is 0 Å². The Morgan fingerprint density at radius 1 is 1.27 bits per heavy atom. The van der Waals surface area contributed by atoms with Gasteiger partial charge in [0.05, 0.1) is 7.11 Å². The summed E-state index contributed by atoms with van der Waals surface area (Å²) in [6, 6.07) is 15.5. The molecule has 174 valence electrons. The van der Waals surface area contributed by atoms with Gasteiger partial charge < -0.3 is 15.2 Å². The quantitative estimate of drug-likeness (QED) is 0.485. The third-order valence-corrected chi connectivity index (χ3v) is 7.28. The Hall–Kier alpha value is -3.05. The number of methoxy groups -OCH3 is 1. The van der Waals surface area contributed by atoms with Crippen LogP contribution in [0.3, 0.4) is 0 Å². The average Bonchev–Trinajstić information content (AvgIpc) is 2.83. The number of nitrogens with one attached hydrogen (secondary N) is 1. The Balaban J connectivity index is 1.49. The lowest BCUT2D eigenvalue weighted by molar-refractivity contribution is -0.117. The van der Waals surface area contributed by atoms with E-state index in [1.54, 1.807) is 19.3 Å². The second-order valence-electron chi connectivity index (χ2n) is 9.30. The van der Waals surface area contributed by atoms with Crippen LogP contribution in [0.1, 0.15) is 36.8 Å². The van der Waals surface area contributed by atoms with Crippen molar-refractivity contribution in [1.82, 2.24) is 10.2 Å². The fourth-order valence-corrected chi connectivity index (χ4v) is 5.67. The van der Waals surface area contributed by atoms with Crippen LogP contribution in [0, 0.1) is 5.92 Å². The van der Waals surface area contributed by atoms with Crippen molar-refractivity contribution in [1.29, 1.82) is 0 Å². The molecular weight excluding hydrogens is 412 g/mol. The molecule has 0 aromatic heterocycles. The number of carbonyl (C=O) groups is 1. The smallest absolute Gasteiger partial charge is 0.244 e. The van der Waals surface area contributed by atoms with Gasteiger partial charge in [-0.3, -0.25) is 9.69 Å². The lowest BCUT2D eigenvalue weighted by atomic mass is 9.58. The number of nitrogens with zero attached hydrogens (tertiary/aromatic N) is 1. The fraction of sp³-hybridized carbons (Fsp3) is 0.393. The van der Waals surface area contributed by atoms with E-state index in [-0.39, 0.29) is 17.4 Å². The molecule has 0 unspecified atom stereocenters. The minimum absolute atomic E-state index is 0.0386. The van der Waals surface area contributed by atoms with E-state index in [4.69, 9.17) is 4.74 Å². The molecule has 2 aromatic rings. The average molecular weight is 447 g/mol. The molecule has 1 aliphatic carbocycles. The Kier molecular flexibility index (Phi) is 7.19. The second kappa shape index (κ2) is 10.3. The third-order valence-electron chi connectivity index (χ3n) is 7.28. The molecule has 5 nitrogen and oxygen atoms in total. The zero-order chi connectivity index (χ0) is 23.3. The first-order valence-electron chi connectivity index (χ1n) is 11.8. The van der Waals surface area contributed by atoms with Crippen LogP contribution in [-0.2, 0) is 10.2 Å². The molecule has 5 heteroatoms. The van der Waals surface area contributed by atoms with Crippen molar-refractivity contribution in [2.24, 2.45) is 5.92 Å². The summed E-state index contributed by atoms with van der Waals surface area (Å²) >= 11 is 0. The number of phenols is 1. The highest BCUT2D eigenvalue weighted by Gasteiger charge is 2.48. The number of benzene rings is 2. The van der Waals surface area contributed by atoms with Gasteiger partial charge >= 0.3 is 0 Å². The van der Waals surface area contributed by atoms with E-state index >= 15 is 0 Å². The number of carbonyl (C=O) groups excluding carboxylic acids is 1. The maximum atomic E-state index is 12.7. The summed E-state index contributed by atoms with van der Waals surface area (Å²) in [4.78, 5) is 15.2. The first-order chi connectivity index (χ1) is 16.0. The van der Waals surface area contributed by atoms with E-state index in [1.165, 1.54) is 5.56 Å². The molecule has 2 fully saturated rings. The van der Waals surface area contributed by atoms with Crippen LogP contribution in [0.4, 0.5) is 0 Å². The molecule has 0 bridgehead atoms. The highest BCUT2D eigenvalue weighted by atomic mass is 16.5. The zero-order valence-corrected chi connectivity index (χ0v) is 19.4. The fourth-order valence-electron chi connectivity index (χ4n) is 5.67. The van der Waals surface area contributed by atoms with Gasteiger partial charge in [-0.25, -0.2) is 0 Å². The van der Waals surface area contributed by atoms with Crippen molar-refractivity contribution < 1.29 is 14.6 Å². The Morgan fingerprint density at radius 2 is 2.12 bits per heavy atom. The van der Waals surface area contributed by atoms with Crippen molar-refractivity contribution in [3.05, 3.63) is 78.4 Å². The molecule has 1 heterocycles. The number of rotatable bonds is 7. The van der Waals surface area contributed by atoms with Crippen LogP contribution >= 0.6 is 0 Å². The van der Waals surface area contributed by atoms with Crippen LogP contribution in [-0.4, -0.2) is 48.7 Å².